The fraction of sp³-hybridized carbons (Fsp3) is 1.00. The molecule has 0 N–H and O–H groups in total. The molecule has 1 fully saturated rings. The maximum atomic E-state index is 4.13. The minimum absolute atomic E-state index is 1.18. The predicted molar refractivity (Wildman–Crippen MR) is 27.7 cm³/mol. The topological polar surface area (TPSA) is 3.24 Å². The van der Waals surface area contributed by atoms with E-state index in [2.05, 4.69) is 14.1 Å². The fourth-order valence-electron chi connectivity index (χ4n) is 0.700. The van der Waals surface area contributed by atoms with Crippen molar-refractivity contribution in [3.05, 3.63) is 0 Å². The van der Waals surface area contributed by atoms with Gasteiger partial charge in [-0.15, -0.1) is 0 Å². The predicted octanol–water partition coefficient (Wildman–Crippen LogP) is 1.41. The molecule has 1 aliphatic heterocycles. The van der Waals surface area contributed by atoms with Crippen LogP contribution in [0.4, 0.5) is 0 Å². The van der Waals surface area contributed by atoms with Crippen LogP contribution in [0.25, 0.3) is 0 Å². The average molecular weight is 101 g/mol. The first-order chi connectivity index (χ1) is 2.89. The molecule has 1 rings (SSSR count). The van der Waals surface area contributed by atoms with Gasteiger partial charge in [0.2, 0.25) is 0 Å². The highest BCUT2D eigenvalue weighted by molar-refractivity contribution is 7.13. The van der Waals surface area contributed by atoms with Crippen LogP contribution in [0.2, 0.25) is 0 Å². The van der Waals surface area contributed by atoms with E-state index in [1.807, 2.05) is 0 Å². The second-order valence-electron chi connectivity index (χ2n) is 1.66. The third-order valence-electron chi connectivity index (χ3n) is 1.08. The van der Waals surface area contributed by atoms with Gasteiger partial charge < -0.3 is 0 Å². The van der Waals surface area contributed by atoms with E-state index in [1.54, 1.807) is 0 Å². The van der Waals surface area contributed by atoms with E-state index in [0.717, 1.165) is 0 Å². The summed E-state index contributed by atoms with van der Waals surface area (Å²) in [6.07, 6.45) is 2.67. The van der Waals surface area contributed by atoms with Crippen molar-refractivity contribution in [1.29, 1.82) is 0 Å². The molecular weight excluding hydrogens is 93.0 g/mol. The Hall–Kier alpha value is 0.390. The van der Waals surface area contributed by atoms with Crippen molar-refractivity contribution in [3.63, 3.8) is 0 Å². The largest absolute Gasteiger partial charge is 0.273 e. The third-order valence-corrected chi connectivity index (χ3v) is 1.48. The van der Waals surface area contributed by atoms with E-state index in [1.165, 1.54) is 25.9 Å². The van der Waals surface area contributed by atoms with Crippen LogP contribution in [0, 0.1) is 0 Å². The molecule has 34 valence electrons. The quantitative estimate of drug-likeness (QED) is 0.417. The first-order valence-corrected chi connectivity index (χ1v) is 2.73. The van der Waals surface area contributed by atoms with Gasteiger partial charge in [-0.2, -0.15) is 0 Å². The molecule has 2 heteroatoms. The lowest BCUT2D eigenvalue weighted by atomic mass is 10.4. The molecule has 0 aromatic heterocycles. The summed E-state index contributed by atoms with van der Waals surface area (Å²) in [6, 6.07) is 0. The number of hydrogen-bond acceptors (Lipinski definition) is 1. The van der Waals surface area contributed by atoms with Gasteiger partial charge in [-0.3, -0.25) is 4.67 Å². The molecule has 0 bridgehead atoms. The summed E-state index contributed by atoms with van der Waals surface area (Å²) < 4.78 is 2.06. The summed E-state index contributed by atoms with van der Waals surface area (Å²) in [4.78, 5) is 0. The first kappa shape index (κ1) is 4.55. The highest BCUT2D eigenvalue weighted by Gasteiger charge is 2.04. The Morgan fingerprint density at radius 2 is 1.67 bits per heavy atom. The van der Waals surface area contributed by atoms with E-state index >= 15 is 0 Å². The van der Waals surface area contributed by atoms with Crippen LogP contribution in [0.5, 0.6) is 0 Å². The van der Waals surface area contributed by atoms with E-state index in [4.69, 9.17) is 0 Å². The molecule has 2 radical (unpaired) electrons. The molecule has 1 saturated heterocycles. The van der Waals surface area contributed by atoms with Crippen molar-refractivity contribution in [2.75, 3.05) is 13.1 Å². The van der Waals surface area contributed by atoms with E-state index < -0.39 is 0 Å². The lowest BCUT2D eigenvalue weighted by Crippen LogP contribution is -2.01. The Morgan fingerprint density at radius 1 is 1.17 bits per heavy atom. The van der Waals surface area contributed by atoms with Gasteiger partial charge in [-0.1, -0.05) is 0 Å². The van der Waals surface area contributed by atoms with Crippen molar-refractivity contribution in [1.82, 2.24) is 4.67 Å². The highest BCUT2D eigenvalue weighted by Crippen LogP contribution is 2.10. The minimum atomic E-state index is 1.18. The molecule has 0 unspecified atom stereocenters. The highest BCUT2D eigenvalue weighted by atomic mass is 31.0. The van der Waals surface area contributed by atoms with Crippen molar-refractivity contribution in [2.24, 2.45) is 0 Å². The van der Waals surface area contributed by atoms with Crippen LogP contribution in [-0.2, 0) is 0 Å². The molecule has 0 aliphatic carbocycles. The summed E-state index contributed by atoms with van der Waals surface area (Å²) >= 11 is 0. The van der Waals surface area contributed by atoms with Gasteiger partial charge in [-0.05, 0) is 12.8 Å². The molecule has 1 aliphatic rings. The standard InChI is InChI=1S/C4H8NP/c6-5-3-1-2-4-5/h1-4H2. The van der Waals surface area contributed by atoms with E-state index in [-0.39, 0.29) is 0 Å². The monoisotopic (exact) mass is 101 g/mol. The van der Waals surface area contributed by atoms with Crippen LogP contribution in [0.1, 0.15) is 12.8 Å². The molecular formula is C4H8NP. The average Bonchev–Trinajstić information content (AvgIpc) is 1.86. The van der Waals surface area contributed by atoms with Crippen LogP contribution in [0.15, 0.2) is 0 Å². The minimum Gasteiger partial charge on any atom is -0.273 e. The van der Waals surface area contributed by atoms with Crippen LogP contribution < -0.4 is 0 Å². The third kappa shape index (κ3) is 0.924. The number of rotatable bonds is 0. The maximum Gasteiger partial charge on any atom is 0.0587 e. The Balaban J connectivity index is 2.18. The van der Waals surface area contributed by atoms with Gasteiger partial charge in [0.15, 0.2) is 0 Å². The van der Waals surface area contributed by atoms with Gasteiger partial charge in [0.25, 0.3) is 0 Å². The van der Waals surface area contributed by atoms with Gasteiger partial charge in [0.1, 0.15) is 0 Å². The second kappa shape index (κ2) is 1.90. The van der Waals surface area contributed by atoms with Crippen molar-refractivity contribution in [3.8, 4) is 0 Å². The number of hydrogen-bond donors (Lipinski definition) is 0. The SMILES string of the molecule is [P]N1CCCC1. The zero-order chi connectivity index (χ0) is 4.41. The molecule has 1 heterocycles. The zero-order valence-electron chi connectivity index (χ0n) is 3.72. The molecule has 6 heavy (non-hydrogen) atoms. The molecule has 0 atom stereocenters. The Kier molecular flexibility index (Phi) is 1.44. The van der Waals surface area contributed by atoms with Gasteiger partial charge >= 0.3 is 0 Å². The van der Waals surface area contributed by atoms with Crippen LogP contribution in [0.3, 0.4) is 0 Å². The fourth-order valence-corrected chi connectivity index (χ4v) is 0.983. The molecule has 0 amide bonds. The summed E-state index contributed by atoms with van der Waals surface area (Å²) in [7, 11) is 4.13. The normalized spacial score (nSPS) is 25.5. The molecule has 0 saturated carbocycles. The molecule has 1 nitrogen and oxygen atoms in total. The van der Waals surface area contributed by atoms with Crippen molar-refractivity contribution < 1.29 is 0 Å². The van der Waals surface area contributed by atoms with Crippen molar-refractivity contribution in [2.45, 2.75) is 12.8 Å². The van der Waals surface area contributed by atoms with Crippen LogP contribution >= 0.6 is 9.39 Å². The lowest BCUT2D eigenvalue weighted by Gasteiger charge is -1.98. The smallest absolute Gasteiger partial charge is 0.0587 e. The maximum absolute atomic E-state index is 4.13. The second-order valence-corrected chi connectivity index (χ2v) is 2.23. The van der Waals surface area contributed by atoms with Gasteiger partial charge in [0, 0.05) is 13.1 Å². The van der Waals surface area contributed by atoms with Crippen LogP contribution in [-0.4, -0.2) is 17.8 Å². The zero-order valence-corrected chi connectivity index (χ0v) is 4.62. The van der Waals surface area contributed by atoms with E-state index in [9.17, 15) is 0 Å². The Morgan fingerprint density at radius 3 is 1.83 bits per heavy atom. The van der Waals surface area contributed by atoms with Gasteiger partial charge in [0.05, 0.1) is 9.39 Å². The summed E-state index contributed by atoms with van der Waals surface area (Å²) in [6.45, 7) is 2.37. The van der Waals surface area contributed by atoms with Crippen molar-refractivity contribution >= 4 is 9.39 Å². The lowest BCUT2D eigenvalue weighted by molar-refractivity contribution is 0.586. The summed E-state index contributed by atoms with van der Waals surface area (Å²) in [5, 5.41) is 0. The first-order valence-electron chi connectivity index (χ1n) is 2.33. The van der Waals surface area contributed by atoms with E-state index in [0.29, 0.717) is 0 Å². The number of nitrogens with zero attached hydrogens (tertiary/aromatic N) is 1. The summed E-state index contributed by atoms with van der Waals surface area (Å²) in [5.74, 6) is 0. The molecule has 0 aromatic carbocycles. The Labute approximate surface area is 41.0 Å². The molecule has 0 spiro atoms. The Bertz CT molecular complexity index is 40.8. The van der Waals surface area contributed by atoms with Gasteiger partial charge in [-0.25, -0.2) is 0 Å². The summed E-state index contributed by atoms with van der Waals surface area (Å²) in [5.41, 5.74) is 0. The molecule has 0 aromatic rings.